The van der Waals surface area contributed by atoms with Crippen LogP contribution in [0.3, 0.4) is 0 Å². The molecule has 0 spiro atoms. The predicted molar refractivity (Wildman–Crippen MR) is 83.4 cm³/mol. The van der Waals surface area contributed by atoms with Crippen molar-refractivity contribution in [3.63, 3.8) is 0 Å². The molecule has 2 aromatic rings. The zero-order valence-corrected chi connectivity index (χ0v) is 12.2. The lowest BCUT2D eigenvalue weighted by molar-refractivity contribution is -0.384. The minimum absolute atomic E-state index is 0.00137. The lowest BCUT2D eigenvalue weighted by atomic mass is 10.2. The van der Waals surface area contributed by atoms with Crippen molar-refractivity contribution >= 4 is 17.7 Å². The van der Waals surface area contributed by atoms with Crippen molar-refractivity contribution < 1.29 is 19.2 Å². The van der Waals surface area contributed by atoms with E-state index in [1.807, 2.05) is 0 Å². The van der Waals surface area contributed by atoms with Gasteiger partial charge in [-0.15, -0.1) is 0 Å². The first-order valence-corrected chi connectivity index (χ1v) is 6.98. The third kappa shape index (κ3) is 5.08. The summed E-state index contributed by atoms with van der Waals surface area (Å²) < 4.78 is 5.06. The topological polar surface area (TPSA) is 106 Å². The fraction of sp³-hybridized carbons (Fsp3) is 0.188. The standard InChI is InChI=1S/C16H16N2O5/c19-14(15-2-1-11-23-15)9-10-17-16(20)8-5-12-3-6-13(7-4-12)18(21)22/h1-8,11,14,19H,9-10H2,(H,17,20)/b8-5+. The first-order chi connectivity index (χ1) is 11.1. The highest BCUT2D eigenvalue weighted by Gasteiger charge is 2.10. The van der Waals surface area contributed by atoms with Gasteiger partial charge in [-0.3, -0.25) is 14.9 Å². The summed E-state index contributed by atoms with van der Waals surface area (Å²) in [5.41, 5.74) is 0.680. The largest absolute Gasteiger partial charge is 0.467 e. The van der Waals surface area contributed by atoms with Crippen molar-refractivity contribution in [1.82, 2.24) is 5.32 Å². The SMILES string of the molecule is O=C(/C=C/c1ccc([N+](=O)[O-])cc1)NCCC(O)c1ccco1. The monoisotopic (exact) mass is 316 g/mol. The van der Waals surface area contributed by atoms with Gasteiger partial charge in [0, 0.05) is 24.8 Å². The van der Waals surface area contributed by atoms with Crippen molar-refractivity contribution in [3.8, 4) is 0 Å². The molecular formula is C16H16N2O5. The molecule has 1 heterocycles. The second kappa shape index (κ2) is 7.90. The van der Waals surface area contributed by atoms with Gasteiger partial charge in [-0.05, 0) is 42.3 Å². The van der Waals surface area contributed by atoms with Gasteiger partial charge in [0.25, 0.3) is 5.69 Å². The Hall–Kier alpha value is -2.93. The van der Waals surface area contributed by atoms with E-state index in [-0.39, 0.29) is 11.6 Å². The quantitative estimate of drug-likeness (QED) is 0.463. The molecule has 1 unspecified atom stereocenters. The highest BCUT2D eigenvalue weighted by atomic mass is 16.6. The van der Waals surface area contributed by atoms with Crippen LogP contribution in [0, 0.1) is 10.1 Å². The van der Waals surface area contributed by atoms with Gasteiger partial charge in [-0.25, -0.2) is 0 Å². The average Bonchev–Trinajstić information content (AvgIpc) is 3.07. The van der Waals surface area contributed by atoms with E-state index < -0.39 is 11.0 Å². The molecule has 0 aliphatic heterocycles. The highest BCUT2D eigenvalue weighted by molar-refractivity contribution is 5.91. The van der Waals surface area contributed by atoms with E-state index in [1.165, 1.54) is 24.5 Å². The molecule has 0 saturated heterocycles. The molecule has 7 heteroatoms. The van der Waals surface area contributed by atoms with Crippen molar-refractivity contribution in [2.24, 2.45) is 0 Å². The van der Waals surface area contributed by atoms with Crippen LogP contribution in [0.1, 0.15) is 23.8 Å². The number of furan rings is 1. The van der Waals surface area contributed by atoms with E-state index in [0.29, 0.717) is 24.3 Å². The van der Waals surface area contributed by atoms with E-state index in [9.17, 15) is 20.0 Å². The summed E-state index contributed by atoms with van der Waals surface area (Å²) in [6, 6.07) is 9.21. The Morgan fingerprint density at radius 3 is 2.70 bits per heavy atom. The molecule has 0 radical (unpaired) electrons. The predicted octanol–water partition coefficient (Wildman–Crippen LogP) is 2.44. The minimum atomic E-state index is -0.760. The van der Waals surface area contributed by atoms with Crippen LogP contribution in [0.25, 0.3) is 6.08 Å². The summed E-state index contributed by atoms with van der Waals surface area (Å²) in [5, 5.41) is 23.0. The lowest BCUT2D eigenvalue weighted by Crippen LogP contribution is -2.23. The van der Waals surface area contributed by atoms with E-state index in [0.717, 1.165) is 0 Å². The van der Waals surface area contributed by atoms with Crippen molar-refractivity contribution in [1.29, 1.82) is 0 Å². The summed E-state index contributed by atoms with van der Waals surface area (Å²) in [5.74, 6) is 0.149. The van der Waals surface area contributed by atoms with E-state index in [1.54, 1.807) is 30.3 Å². The number of amides is 1. The molecule has 7 nitrogen and oxygen atoms in total. The molecule has 2 rings (SSSR count). The normalized spacial score (nSPS) is 12.2. The zero-order chi connectivity index (χ0) is 16.7. The molecule has 2 N–H and O–H groups in total. The maximum absolute atomic E-state index is 11.6. The van der Waals surface area contributed by atoms with Crippen molar-refractivity contribution in [2.45, 2.75) is 12.5 Å². The second-order valence-corrected chi connectivity index (χ2v) is 4.79. The van der Waals surface area contributed by atoms with Gasteiger partial charge in [-0.1, -0.05) is 0 Å². The number of nitro groups is 1. The lowest BCUT2D eigenvalue weighted by Gasteiger charge is -2.07. The number of benzene rings is 1. The maximum Gasteiger partial charge on any atom is 0.269 e. The Morgan fingerprint density at radius 2 is 2.09 bits per heavy atom. The number of non-ortho nitro benzene ring substituents is 1. The molecule has 1 aromatic carbocycles. The van der Waals surface area contributed by atoms with Crippen LogP contribution in [0.5, 0.6) is 0 Å². The smallest absolute Gasteiger partial charge is 0.269 e. The number of rotatable bonds is 7. The number of carbonyl (C=O) groups excluding carboxylic acids is 1. The maximum atomic E-state index is 11.6. The third-order valence-corrected chi connectivity index (χ3v) is 3.12. The van der Waals surface area contributed by atoms with Crippen LogP contribution in [-0.2, 0) is 4.79 Å². The molecule has 0 fully saturated rings. The van der Waals surface area contributed by atoms with E-state index >= 15 is 0 Å². The molecule has 1 atom stereocenters. The summed E-state index contributed by atoms with van der Waals surface area (Å²) >= 11 is 0. The zero-order valence-electron chi connectivity index (χ0n) is 12.2. The van der Waals surface area contributed by atoms with E-state index in [2.05, 4.69) is 5.32 Å². The Kier molecular flexibility index (Phi) is 5.65. The fourth-order valence-electron chi connectivity index (χ4n) is 1.89. The third-order valence-electron chi connectivity index (χ3n) is 3.12. The van der Waals surface area contributed by atoms with Crippen LogP contribution >= 0.6 is 0 Å². The summed E-state index contributed by atoms with van der Waals surface area (Å²) in [7, 11) is 0. The van der Waals surface area contributed by atoms with Gasteiger partial charge < -0.3 is 14.8 Å². The number of nitrogens with one attached hydrogen (secondary N) is 1. The van der Waals surface area contributed by atoms with Crippen LogP contribution in [0.2, 0.25) is 0 Å². The van der Waals surface area contributed by atoms with Gasteiger partial charge in [-0.2, -0.15) is 0 Å². The van der Waals surface area contributed by atoms with Gasteiger partial charge >= 0.3 is 0 Å². The van der Waals surface area contributed by atoms with Gasteiger partial charge in [0.2, 0.25) is 5.91 Å². The number of nitrogens with zero attached hydrogens (tertiary/aromatic N) is 1. The van der Waals surface area contributed by atoms with Crippen LogP contribution in [0.15, 0.2) is 53.2 Å². The van der Waals surface area contributed by atoms with E-state index in [4.69, 9.17) is 4.42 Å². The molecule has 0 aliphatic rings. The highest BCUT2D eigenvalue weighted by Crippen LogP contribution is 2.16. The molecule has 1 amide bonds. The number of nitro benzene ring substituents is 1. The number of hydrogen-bond acceptors (Lipinski definition) is 5. The minimum Gasteiger partial charge on any atom is -0.467 e. The first kappa shape index (κ1) is 16.4. The molecule has 120 valence electrons. The number of aliphatic hydroxyl groups is 1. The van der Waals surface area contributed by atoms with Gasteiger partial charge in [0.05, 0.1) is 11.2 Å². The van der Waals surface area contributed by atoms with Gasteiger partial charge in [0.1, 0.15) is 11.9 Å². The number of hydrogen-bond donors (Lipinski definition) is 2. The van der Waals surface area contributed by atoms with Gasteiger partial charge in [0.15, 0.2) is 0 Å². The Balaban J connectivity index is 1.76. The van der Waals surface area contributed by atoms with Crippen LogP contribution in [-0.4, -0.2) is 22.5 Å². The summed E-state index contributed by atoms with van der Waals surface area (Å²) in [6.07, 6.45) is 3.95. The molecule has 1 aromatic heterocycles. The van der Waals surface area contributed by atoms with Crippen LogP contribution < -0.4 is 5.32 Å². The Morgan fingerprint density at radius 1 is 1.35 bits per heavy atom. The molecule has 0 bridgehead atoms. The summed E-state index contributed by atoms with van der Waals surface area (Å²) in [4.78, 5) is 21.7. The second-order valence-electron chi connectivity index (χ2n) is 4.79. The molecule has 23 heavy (non-hydrogen) atoms. The molecule has 0 aliphatic carbocycles. The molecular weight excluding hydrogens is 300 g/mol. The van der Waals surface area contributed by atoms with Crippen LogP contribution in [0.4, 0.5) is 5.69 Å². The first-order valence-electron chi connectivity index (χ1n) is 6.98. The fourth-order valence-corrected chi connectivity index (χ4v) is 1.89. The van der Waals surface area contributed by atoms with Crippen molar-refractivity contribution in [3.05, 3.63) is 70.2 Å². The van der Waals surface area contributed by atoms with Crippen molar-refractivity contribution in [2.75, 3.05) is 6.54 Å². The number of carbonyl (C=O) groups is 1. The number of aliphatic hydroxyl groups excluding tert-OH is 1. The Bertz CT molecular complexity index is 677. The Labute approximate surface area is 132 Å². The summed E-state index contributed by atoms with van der Waals surface area (Å²) in [6.45, 7) is 0.297. The average molecular weight is 316 g/mol. The molecule has 0 saturated carbocycles.